The Bertz CT molecular complexity index is 152. The van der Waals surface area contributed by atoms with E-state index < -0.39 is 0 Å². The third kappa shape index (κ3) is 4.56. The second-order valence-corrected chi connectivity index (χ2v) is 3.24. The minimum Gasteiger partial charge on any atom is -0.396 e. The summed E-state index contributed by atoms with van der Waals surface area (Å²) in [6, 6.07) is 0. The Hall–Kier alpha value is -0.830. The molecule has 2 N–H and O–H groups in total. The van der Waals surface area contributed by atoms with Crippen molar-refractivity contribution in [2.45, 2.75) is 13.8 Å². The maximum absolute atomic E-state index is 10.7. The van der Waals surface area contributed by atoms with Gasteiger partial charge >= 0.3 is 0 Å². The van der Waals surface area contributed by atoms with E-state index in [9.17, 15) is 4.79 Å². The van der Waals surface area contributed by atoms with Crippen LogP contribution in [0.4, 0.5) is 0 Å². The first-order valence-electron chi connectivity index (χ1n) is 3.53. The van der Waals surface area contributed by atoms with Crippen molar-refractivity contribution in [1.29, 1.82) is 0 Å². The standard InChI is InChI=1S/C8H15NO2/c1-4-7(11)9-5-8(2,3)6-10/h4,10H,1,5-6H2,2-3H3,(H,9,11). The molecule has 3 nitrogen and oxygen atoms in total. The first kappa shape index (κ1) is 10.2. The van der Waals surface area contributed by atoms with Crippen molar-refractivity contribution in [2.24, 2.45) is 5.41 Å². The van der Waals surface area contributed by atoms with Crippen molar-refractivity contribution in [3.8, 4) is 0 Å². The number of carbonyl (C=O) groups is 1. The van der Waals surface area contributed by atoms with Gasteiger partial charge in [-0.2, -0.15) is 0 Å². The summed E-state index contributed by atoms with van der Waals surface area (Å²) in [5.74, 6) is -0.202. The van der Waals surface area contributed by atoms with Gasteiger partial charge in [-0.05, 0) is 6.08 Å². The minimum absolute atomic E-state index is 0.0599. The highest BCUT2D eigenvalue weighted by molar-refractivity contribution is 5.86. The van der Waals surface area contributed by atoms with Gasteiger partial charge in [0.1, 0.15) is 0 Å². The molecule has 1 amide bonds. The Morgan fingerprint density at radius 1 is 1.73 bits per heavy atom. The smallest absolute Gasteiger partial charge is 0.243 e. The van der Waals surface area contributed by atoms with Gasteiger partial charge in [-0.3, -0.25) is 4.79 Å². The van der Waals surface area contributed by atoms with Crippen LogP contribution in [0, 0.1) is 5.41 Å². The van der Waals surface area contributed by atoms with Crippen LogP contribution in [0.3, 0.4) is 0 Å². The summed E-state index contributed by atoms with van der Waals surface area (Å²) in [5.41, 5.74) is -0.251. The highest BCUT2D eigenvalue weighted by Gasteiger charge is 2.16. The molecule has 0 heterocycles. The maximum Gasteiger partial charge on any atom is 0.243 e. The van der Waals surface area contributed by atoms with E-state index in [-0.39, 0.29) is 17.9 Å². The molecule has 0 aromatic heterocycles. The first-order valence-corrected chi connectivity index (χ1v) is 3.53. The summed E-state index contributed by atoms with van der Waals surface area (Å²) in [6.45, 7) is 7.58. The highest BCUT2D eigenvalue weighted by atomic mass is 16.3. The molecule has 0 rings (SSSR count). The van der Waals surface area contributed by atoms with E-state index in [1.165, 1.54) is 6.08 Å². The van der Waals surface area contributed by atoms with Crippen LogP contribution in [0.2, 0.25) is 0 Å². The van der Waals surface area contributed by atoms with Crippen LogP contribution in [-0.4, -0.2) is 24.2 Å². The van der Waals surface area contributed by atoms with Gasteiger partial charge in [-0.1, -0.05) is 20.4 Å². The van der Waals surface area contributed by atoms with Crippen molar-refractivity contribution >= 4 is 5.91 Å². The van der Waals surface area contributed by atoms with Crippen LogP contribution in [0.1, 0.15) is 13.8 Å². The zero-order chi connectivity index (χ0) is 8.91. The molecule has 0 aliphatic rings. The van der Waals surface area contributed by atoms with E-state index >= 15 is 0 Å². The van der Waals surface area contributed by atoms with Gasteiger partial charge in [0.2, 0.25) is 5.91 Å². The number of hydrogen-bond acceptors (Lipinski definition) is 2. The van der Waals surface area contributed by atoms with Crippen LogP contribution in [0.15, 0.2) is 12.7 Å². The zero-order valence-corrected chi connectivity index (χ0v) is 7.05. The predicted octanol–water partition coefficient (Wildman–Crippen LogP) is 0.307. The first-order chi connectivity index (χ1) is 5.02. The second-order valence-electron chi connectivity index (χ2n) is 3.24. The molecule has 0 aromatic carbocycles. The predicted molar refractivity (Wildman–Crippen MR) is 44.1 cm³/mol. The number of aliphatic hydroxyl groups is 1. The molecule has 0 aliphatic heterocycles. The summed E-state index contributed by atoms with van der Waals surface area (Å²) < 4.78 is 0. The van der Waals surface area contributed by atoms with Crippen molar-refractivity contribution in [3.63, 3.8) is 0 Å². The molecular formula is C8H15NO2. The molecule has 0 bridgehead atoms. The Balaban J connectivity index is 3.69. The normalized spacial score (nSPS) is 10.8. The number of aliphatic hydroxyl groups excluding tert-OH is 1. The molecule has 3 heteroatoms. The fraction of sp³-hybridized carbons (Fsp3) is 0.625. The summed E-state index contributed by atoms with van der Waals surface area (Å²) in [6.07, 6.45) is 1.22. The Morgan fingerprint density at radius 2 is 2.27 bits per heavy atom. The van der Waals surface area contributed by atoms with E-state index in [0.717, 1.165) is 0 Å². The maximum atomic E-state index is 10.7. The SMILES string of the molecule is C=CC(=O)NCC(C)(C)CO. The summed E-state index contributed by atoms with van der Waals surface area (Å²) >= 11 is 0. The van der Waals surface area contributed by atoms with Gasteiger partial charge in [0.05, 0.1) is 0 Å². The molecule has 0 saturated carbocycles. The lowest BCUT2D eigenvalue weighted by molar-refractivity contribution is -0.117. The quantitative estimate of drug-likeness (QED) is 0.577. The van der Waals surface area contributed by atoms with Gasteiger partial charge < -0.3 is 10.4 Å². The Labute approximate surface area is 67.1 Å². The number of carbonyl (C=O) groups excluding carboxylic acids is 1. The molecular weight excluding hydrogens is 142 g/mol. The topological polar surface area (TPSA) is 49.3 Å². The lowest BCUT2D eigenvalue weighted by atomic mass is 9.95. The molecule has 0 saturated heterocycles. The van der Waals surface area contributed by atoms with Crippen LogP contribution >= 0.6 is 0 Å². The third-order valence-electron chi connectivity index (χ3n) is 1.35. The molecule has 0 aromatic rings. The van der Waals surface area contributed by atoms with Gasteiger partial charge in [-0.15, -0.1) is 0 Å². The number of amides is 1. The highest BCUT2D eigenvalue weighted by Crippen LogP contribution is 2.10. The second kappa shape index (κ2) is 4.13. The number of nitrogens with one attached hydrogen (secondary N) is 1. The van der Waals surface area contributed by atoms with Crippen molar-refractivity contribution in [1.82, 2.24) is 5.32 Å². The van der Waals surface area contributed by atoms with Gasteiger partial charge in [-0.25, -0.2) is 0 Å². The number of rotatable bonds is 4. The molecule has 64 valence electrons. The van der Waals surface area contributed by atoms with Crippen LogP contribution in [-0.2, 0) is 4.79 Å². The lowest BCUT2D eigenvalue weighted by Gasteiger charge is -2.21. The van der Waals surface area contributed by atoms with E-state index in [2.05, 4.69) is 11.9 Å². The van der Waals surface area contributed by atoms with Gasteiger partial charge in [0.25, 0.3) is 0 Å². The van der Waals surface area contributed by atoms with E-state index in [1.807, 2.05) is 13.8 Å². The van der Waals surface area contributed by atoms with Crippen molar-refractivity contribution in [3.05, 3.63) is 12.7 Å². The zero-order valence-electron chi connectivity index (χ0n) is 7.05. The minimum atomic E-state index is -0.251. The van der Waals surface area contributed by atoms with Crippen molar-refractivity contribution < 1.29 is 9.90 Å². The monoisotopic (exact) mass is 157 g/mol. The van der Waals surface area contributed by atoms with Crippen LogP contribution < -0.4 is 5.32 Å². The summed E-state index contributed by atoms with van der Waals surface area (Å²) in [4.78, 5) is 10.7. The molecule has 0 spiro atoms. The molecule has 0 unspecified atom stereocenters. The fourth-order valence-corrected chi connectivity index (χ4v) is 0.454. The van der Waals surface area contributed by atoms with Crippen LogP contribution in [0.5, 0.6) is 0 Å². The fourth-order valence-electron chi connectivity index (χ4n) is 0.454. The van der Waals surface area contributed by atoms with Crippen molar-refractivity contribution in [2.75, 3.05) is 13.2 Å². The van der Waals surface area contributed by atoms with E-state index in [4.69, 9.17) is 5.11 Å². The third-order valence-corrected chi connectivity index (χ3v) is 1.35. The molecule has 11 heavy (non-hydrogen) atoms. The van der Waals surface area contributed by atoms with Gasteiger partial charge in [0, 0.05) is 18.6 Å². The Morgan fingerprint density at radius 3 is 2.64 bits per heavy atom. The number of hydrogen-bond donors (Lipinski definition) is 2. The molecule has 0 radical (unpaired) electrons. The molecule has 0 fully saturated rings. The molecule has 0 aliphatic carbocycles. The Kier molecular flexibility index (Phi) is 3.82. The van der Waals surface area contributed by atoms with Gasteiger partial charge in [0.15, 0.2) is 0 Å². The molecule has 0 atom stereocenters. The average Bonchev–Trinajstić information content (AvgIpc) is 2.00. The summed E-state index contributed by atoms with van der Waals surface area (Å²) in [7, 11) is 0. The average molecular weight is 157 g/mol. The van der Waals surface area contributed by atoms with E-state index in [0.29, 0.717) is 6.54 Å². The van der Waals surface area contributed by atoms with Crippen LogP contribution in [0.25, 0.3) is 0 Å². The largest absolute Gasteiger partial charge is 0.396 e. The lowest BCUT2D eigenvalue weighted by Crippen LogP contribution is -2.35. The van der Waals surface area contributed by atoms with E-state index in [1.54, 1.807) is 0 Å². The summed E-state index contributed by atoms with van der Waals surface area (Å²) in [5, 5.41) is 11.4.